The van der Waals surface area contributed by atoms with E-state index in [2.05, 4.69) is 21.2 Å². The lowest BCUT2D eigenvalue weighted by atomic mass is 9.93. The van der Waals surface area contributed by atoms with Crippen LogP contribution in [0.1, 0.15) is 33.7 Å². The molecule has 0 saturated heterocycles. The Morgan fingerprint density at radius 3 is 2.56 bits per heavy atom. The van der Waals surface area contributed by atoms with Crippen molar-refractivity contribution in [2.45, 2.75) is 32.6 Å². The molecule has 0 fully saturated rings. The Balaban J connectivity index is 1.85. The number of hydrogen-bond donors (Lipinski definition) is 1. The van der Waals surface area contributed by atoms with Crippen molar-refractivity contribution in [2.24, 2.45) is 0 Å². The van der Waals surface area contributed by atoms with Crippen LogP contribution in [0.2, 0.25) is 0 Å². The van der Waals surface area contributed by atoms with Crippen LogP contribution in [0.3, 0.4) is 0 Å². The molecule has 1 aromatic heterocycles. The van der Waals surface area contributed by atoms with Crippen molar-refractivity contribution in [2.75, 3.05) is 19.1 Å². The molecule has 0 unspecified atom stereocenters. The van der Waals surface area contributed by atoms with Crippen molar-refractivity contribution in [1.29, 1.82) is 0 Å². The van der Waals surface area contributed by atoms with Crippen molar-refractivity contribution in [1.82, 2.24) is 5.32 Å². The molecule has 1 amide bonds. The third kappa shape index (κ3) is 6.98. The first-order chi connectivity index (χ1) is 16.4. The number of esters is 1. The maximum Gasteiger partial charge on any atom is 0.328 e. The van der Waals surface area contributed by atoms with Crippen LogP contribution >= 0.6 is 27.7 Å². The summed E-state index contributed by atoms with van der Waals surface area (Å²) < 4.78 is 16.8. The highest BCUT2D eigenvalue weighted by Gasteiger charge is 2.23. The first-order valence-corrected chi connectivity index (χ1v) is 13.0. The molecule has 0 saturated carbocycles. The topological polar surface area (TPSA) is 77.8 Å². The van der Waals surface area contributed by atoms with Crippen LogP contribution in [0.4, 0.5) is 0 Å². The number of aryl methyl sites for hydroxylation is 1. The minimum absolute atomic E-state index is 0.317. The van der Waals surface area contributed by atoms with Gasteiger partial charge in [0.1, 0.15) is 18.4 Å². The van der Waals surface area contributed by atoms with Crippen LogP contribution in [0, 0.1) is 6.92 Å². The normalized spacial score (nSPS) is 11.8. The highest BCUT2D eigenvalue weighted by Crippen LogP contribution is 2.29. The average molecular weight is 546 g/mol. The smallest absolute Gasteiger partial charge is 0.328 e. The van der Waals surface area contributed by atoms with Crippen LogP contribution in [0.15, 0.2) is 63.7 Å². The van der Waals surface area contributed by atoms with E-state index in [0.29, 0.717) is 29.9 Å². The molecule has 1 atom stereocenters. The Hall–Kier alpha value is -2.55. The van der Waals surface area contributed by atoms with Crippen molar-refractivity contribution in [3.63, 3.8) is 0 Å². The zero-order chi connectivity index (χ0) is 24.5. The van der Waals surface area contributed by atoms with Gasteiger partial charge in [-0.05, 0) is 87.8 Å². The lowest BCUT2D eigenvalue weighted by Crippen LogP contribution is -2.42. The van der Waals surface area contributed by atoms with E-state index >= 15 is 0 Å². The summed E-state index contributed by atoms with van der Waals surface area (Å²) in [6.45, 7) is 2.70. The highest BCUT2D eigenvalue weighted by molar-refractivity contribution is 9.10. The number of halogens is 1. The number of furan rings is 1. The van der Waals surface area contributed by atoms with Crippen LogP contribution in [-0.4, -0.2) is 37.0 Å². The fraction of sp³-hybridized carbons (Fsp3) is 0.308. The predicted octanol–water partition coefficient (Wildman–Crippen LogP) is 5.76. The SMILES string of the molecule is COC(=O)[C@H](CCSC)NC(=O)c1ccc(COCc2ccc(Br)o2)cc1-c1ccccc1C. The summed E-state index contributed by atoms with van der Waals surface area (Å²) >= 11 is 4.90. The highest BCUT2D eigenvalue weighted by atomic mass is 79.9. The molecule has 3 aromatic rings. The van der Waals surface area contributed by atoms with E-state index in [1.807, 2.05) is 61.7 Å². The summed E-state index contributed by atoms with van der Waals surface area (Å²) in [5.74, 6) is 0.686. The zero-order valence-electron chi connectivity index (χ0n) is 19.4. The fourth-order valence-corrected chi connectivity index (χ4v) is 4.35. The Kier molecular flexibility index (Phi) is 9.80. The van der Waals surface area contributed by atoms with Gasteiger partial charge in [0, 0.05) is 5.56 Å². The van der Waals surface area contributed by atoms with E-state index in [4.69, 9.17) is 13.9 Å². The van der Waals surface area contributed by atoms with Gasteiger partial charge in [0.2, 0.25) is 0 Å². The molecule has 0 radical (unpaired) electrons. The minimum atomic E-state index is -0.703. The standard InChI is InChI=1S/C26H28BrNO5S/c1-17-6-4-5-7-20(17)22-14-18(15-32-16-19-9-11-24(27)33-19)8-10-21(22)25(29)28-23(12-13-34-3)26(30)31-2/h4-11,14,23H,12-13,15-16H2,1-3H3,(H,28,29)/t23-/m0/s1. The van der Waals surface area contributed by atoms with Crippen LogP contribution < -0.4 is 5.32 Å². The number of benzene rings is 2. The van der Waals surface area contributed by atoms with Gasteiger partial charge in [0.05, 0.1) is 13.7 Å². The fourth-order valence-electron chi connectivity index (χ4n) is 3.54. The van der Waals surface area contributed by atoms with Crippen molar-refractivity contribution >= 4 is 39.6 Å². The van der Waals surface area contributed by atoms with Crippen LogP contribution in [-0.2, 0) is 27.5 Å². The Bertz CT molecular complexity index is 1130. The molecule has 0 aliphatic carbocycles. The van der Waals surface area contributed by atoms with Gasteiger partial charge in [0.25, 0.3) is 5.91 Å². The van der Waals surface area contributed by atoms with Gasteiger partial charge in [-0.15, -0.1) is 0 Å². The third-order valence-corrected chi connectivity index (χ3v) is 6.38. The Morgan fingerprint density at radius 2 is 1.88 bits per heavy atom. The monoisotopic (exact) mass is 545 g/mol. The first-order valence-electron chi connectivity index (χ1n) is 10.8. The molecule has 34 heavy (non-hydrogen) atoms. The van der Waals surface area contributed by atoms with Gasteiger partial charge in [-0.3, -0.25) is 4.79 Å². The van der Waals surface area contributed by atoms with Crippen molar-refractivity contribution in [3.8, 4) is 11.1 Å². The number of carbonyl (C=O) groups excluding carboxylic acids is 2. The molecule has 8 heteroatoms. The largest absolute Gasteiger partial charge is 0.467 e. The quantitative estimate of drug-likeness (QED) is 0.308. The molecule has 0 spiro atoms. The van der Waals surface area contributed by atoms with Gasteiger partial charge < -0.3 is 19.2 Å². The van der Waals surface area contributed by atoms with Gasteiger partial charge in [-0.1, -0.05) is 30.3 Å². The Labute approximate surface area is 212 Å². The van der Waals surface area contributed by atoms with E-state index < -0.39 is 12.0 Å². The van der Waals surface area contributed by atoms with Gasteiger partial charge in [-0.2, -0.15) is 11.8 Å². The molecule has 0 bridgehead atoms. The van der Waals surface area contributed by atoms with Crippen LogP contribution in [0.25, 0.3) is 11.1 Å². The zero-order valence-corrected chi connectivity index (χ0v) is 21.8. The summed E-state index contributed by atoms with van der Waals surface area (Å²) in [7, 11) is 1.33. The van der Waals surface area contributed by atoms with Crippen LogP contribution in [0.5, 0.6) is 0 Å². The number of carbonyl (C=O) groups is 2. The maximum atomic E-state index is 13.3. The molecule has 0 aliphatic heterocycles. The molecule has 3 rings (SSSR count). The second-order valence-electron chi connectivity index (χ2n) is 7.72. The number of methoxy groups -OCH3 is 1. The molecule has 6 nitrogen and oxygen atoms in total. The predicted molar refractivity (Wildman–Crippen MR) is 138 cm³/mol. The minimum Gasteiger partial charge on any atom is -0.467 e. The van der Waals surface area contributed by atoms with E-state index in [-0.39, 0.29) is 5.91 Å². The summed E-state index contributed by atoms with van der Waals surface area (Å²) in [6.07, 6.45) is 2.45. The van der Waals surface area contributed by atoms with Crippen molar-refractivity contribution in [3.05, 3.63) is 81.7 Å². The van der Waals surface area contributed by atoms with E-state index in [0.717, 1.165) is 33.8 Å². The van der Waals surface area contributed by atoms with E-state index in [1.165, 1.54) is 7.11 Å². The van der Waals surface area contributed by atoms with Crippen molar-refractivity contribution < 1.29 is 23.5 Å². The summed E-state index contributed by atoms with van der Waals surface area (Å²) in [6, 6.07) is 16.5. The number of ether oxygens (including phenoxy) is 2. The number of nitrogens with one attached hydrogen (secondary N) is 1. The van der Waals surface area contributed by atoms with Gasteiger partial charge in [0.15, 0.2) is 4.67 Å². The molecule has 2 aromatic carbocycles. The van der Waals surface area contributed by atoms with E-state index in [9.17, 15) is 9.59 Å². The summed E-state index contributed by atoms with van der Waals surface area (Å²) in [5.41, 5.74) is 4.19. The second kappa shape index (κ2) is 12.8. The lowest BCUT2D eigenvalue weighted by Gasteiger charge is -2.19. The molecular formula is C26H28BrNO5S. The molecular weight excluding hydrogens is 518 g/mol. The number of hydrogen-bond acceptors (Lipinski definition) is 6. The third-order valence-electron chi connectivity index (χ3n) is 5.31. The summed E-state index contributed by atoms with van der Waals surface area (Å²) in [5, 5.41) is 2.86. The van der Waals surface area contributed by atoms with E-state index in [1.54, 1.807) is 17.8 Å². The van der Waals surface area contributed by atoms with Gasteiger partial charge in [-0.25, -0.2) is 4.79 Å². The lowest BCUT2D eigenvalue weighted by molar-refractivity contribution is -0.142. The molecule has 0 aliphatic rings. The first kappa shape index (κ1) is 26.1. The number of rotatable bonds is 11. The molecule has 180 valence electrons. The Morgan fingerprint density at radius 1 is 1.09 bits per heavy atom. The van der Waals surface area contributed by atoms with Gasteiger partial charge >= 0.3 is 5.97 Å². The summed E-state index contributed by atoms with van der Waals surface area (Å²) in [4.78, 5) is 25.5. The second-order valence-corrected chi connectivity index (χ2v) is 9.49. The maximum absolute atomic E-state index is 13.3. The number of amides is 1. The number of thioether (sulfide) groups is 1. The molecule has 1 heterocycles. The molecule has 1 N–H and O–H groups in total. The average Bonchev–Trinajstić information content (AvgIpc) is 3.26.